The van der Waals surface area contributed by atoms with Crippen LogP contribution in [0.4, 0.5) is 34.1 Å². The smallest absolute Gasteiger partial charge is 0.0727 e. The van der Waals surface area contributed by atoms with Gasteiger partial charge in [0.15, 0.2) is 0 Å². The zero-order valence-corrected chi connectivity index (χ0v) is 37.2. The number of anilines is 6. The van der Waals surface area contributed by atoms with Gasteiger partial charge in [0.2, 0.25) is 0 Å². The van der Waals surface area contributed by atoms with Gasteiger partial charge in [-0.15, -0.1) is 0 Å². The third kappa shape index (κ3) is 5.47. The van der Waals surface area contributed by atoms with Crippen LogP contribution in [-0.2, 0) is 5.41 Å². The Morgan fingerprint density at radius 3 is 1.59 bits per heavy atom. The molecule has 1 spiro atoms. The van der Waals surface area contributed by atoms with E-state index in [-0.39, 0.29) is 0 Å². The highest BCUT2D eigenvalue weighted by Gasteiger charge is 2.52. The van der Waals surface area contributed by atoms with E-state index < -0.39 is 5.41 Å². The molecule has 2 aliphatic carbocycles. The molecule has 0 saturated carbocycles. The van der Waals surface area contributed by atoms with Crippen LogP contribution in [0.15, 0.2) is 261 Å². The van der Waals surface area contributed by atoms with E-state index >= 15 is 0 Å². The Labute approximate surface area is 395 Å². The van der Waals surface area contributed by atoms with Gasteiger partial charge in [-0.1, -0.05) is 176 Å². The van der Waals surface area contributed by atoms with Crippen LogP contribution in [0.5, 0.6) is 0 Å². The van der Waals surface area contributed by atoms with Crippen LogP contribution in [0.25, 0.3) is 60.5 Å². The van der Waals surface area contributed by atoms with Crippen molar-refractivity contribution < 1.29 is 0 Å². The fourth-order valence-electron chi connectivity index (χ4n) is 11.8. The van der Waals surface area contributed by atoms with Crippen molar-refractivity contribution in [1.29, 1.82) is 0 Å². The molecule has 2 aliphatic rings. The van der Waals surface area contributed by atoms with Crippen LogP contribution in [0, 0.1) is 0 Å². The maximum Gasteiger partial charge on any atom is 0.0727 e. The zero-order valence-electron chi connectivity index (χ0n) is 37.2. The van der Waals surface area contributed by atoms with Crippen molar-refractivity contribution in [2.24, 2.45) is 0 Å². The average Bonchev–Trinajstić information content (AvgIpc) is 4.02. The van der Waals surface area contributed by atoms with Crippen molar-refractivity contribution in [1.82, 2.24) is 4.57 Å². The molecule has 0 saturated heterocycles. The molecular weight excluding hydrogens is 823 g/mol. The molecule has 14 rings (SSSR count). The van der Waals surface area contributed by atoms with Crippen LogP contribution in [0.2, 0.25) is 0 Å². The lowest BCUT2D eigenvalue weighted by Gasteiger charge is -2.33. The number of hydrogen-bond donors (Lipinski definition) is 0. The first-order valence-electron chi connectivity index (χ1n) is 23.5. The molecule has 0 unspecified atom stereocenters. The fourth-order valence-corrected chi connectivity index (χ4v) is 11.8. The molecule has 0 radical (unpaired) electrons. The van der Waals surface area contributed by atoms with Crippen molar-refractivity contribution in [3.63, 3.8) is 0 Å². The quantitative estimate of drug-likeness (QED) is 0.158. The highest BCUT2D eigenvalue weighted by atomic mass is 15.2. The van der Waals surface area contributed by atoms with Gasteiger partial charge in [0.25, 0.3) is 0 Å². The number of fused-ring (bicyclic) bond motifs is 14. The molecule has 0 aliphatic heterocycles. The average molecular weight is 866 g/mol. The molecule has 0 amide bonds. The first kappa shape index (κ1) is 38.4. The third-order valence-corrected chi connectivity index (χ3v) is 14.5. The molecule has 0 fully saturated rings. The standard InChI is InChI=1S/C65H43N3/c1-4-22-45(23-5-1)66(60-36-18-21-44-20-10-11-28-50(44)60)49-38-40-52-51-29-12-15-32-56(51)65(59(52)43-49)57-33-16-13-31-54(57)64-58(65)34-19-37-63(64)67(46-24-6-2-7-25-46)48-39-41-62-55(42-48)53-30-14-17-35-61(53)68(62)47-26-8-3-9-27-47/h1-43H/t65-/m0/s1. The van der Waals surface area contributed by atoms with E-state index in [2.05, 4.69) is 275 Å². The summed E-state index contributed by atoms with van der Waals surface area (Å²) < 4.78 is 2.39. The lowest BCUT2D eigenvalue weighted by molar-refractivity contribution is 0.793. The van der Waals surface area contributed by atoms with E-state index in [1.807, 2.05) is 0 Å². The lowest BCUT2D eigenvalue weighted by atomic mass is 9.70. The van der Waals surface area contributed by atoms with Gasteiger partial charge in [0.1, 0.15) is 0 Å². The molecule has 3 heteroatoms. The Hall–Kier alpha value is -8.92. The topological polar surface area (TPSA) is 11.4 Å². The Kier molecular flexibility index (Phi) is 8.50. The van der Waals surface area contributed by atoms with Crippen molar-refractivity contribution >= 4 is 66.7 Å². The zero-order chi connectivity index (χ0) is 44.8. The summed E-state index contributed by atoms with van der Waals surface area (Å²) in [5, 5.41) is 4.87. The van der Waals surface area contributed by atoms with Gasteiger partial charge in [0, 0.05) is 50.2 Å². The highest BCUT2D eigenvalue weighted by Crippen LogP contribution is 2.65. The lowest BCUT2D eigenvalue weighted by Crippen LogP contribution is -2.26. The Bertz CT molecular complexity index is 3920. The number of nitrogens with zero attached hydrogens (tertiary/aromatic N) is 3. The van der Waals surface area contributed by atoms with Gasteiger partial charge in [0.05, 0.1) is 27.8 Å². The van der Waals surface area contributed by atoms with Crippen molar-refractivity contribution in [3.8, 4) is 27.9 Å². The van der Waals surface area contributed by atoms with E-state index in [4.69, 9.17) is 0 Å². The first-order chi connectivity index (χ1) is 33.8. The SMILES string of the molecule is c1ccc(N(c2ccc3c(c2)c2ccccc2n3-c2ccccc2)c2cccc3c2-c2ccccc2[C@@]32c3ccccc3-c3ccc(N(c4ccccc4)c4cccc5ccccc45)cc32)cc1. The molecule has 0 N–H and O–H groups in total. The predicted molar refractivity (Wildman–Crippen MR) is 284 cm³/mol. The predicted octanol–water partition coefficient (Wildman–Crippen LogP) is 17.2. The van der Waals surface area contributed by atoms with Gasteiger partial charge in [-0.3, -0.25) is 0 Å². The second kappa shape index (κ2) is 15.1. The number of rotatable bonds is 7. The fraction of sp³-hybridized carbons (Fsp3) is 0.0154. The molecule has 1 aromatic heterocycles. The summed E-state index contributed by atoms with van der Waals surface area (Å²) in [6.45, 7) is 0. The molecule has 12 aromatic rings. The van der Waals surface area contributed by atoms with Gasteiger partial charge in [-0.25, -0.2) is 0 Å². The first-order valence-corrected chi connectivity index (χ1v) is 23.5. The Morgan fingerprint density at radius 1 is 0.294 bits per heavy atom. The van der Waals surface area contributed by atoms with E-state index in [1.54, 1.807) is 0 Å². The largest absolute Gasteiger partial charge is 0.310 e. The van der Waals surface area contributed by atoms with Crippen LogP contribution in [0.3, 0.4) is 0 Å². The monoisotopic (exact) mass is 865 g/mol. The highest BCUT2D eigenvalue weighted by molar-refractivity contribution is 6.11. The molecule has 11 aromatic carbocycles. The summed E-state index contributed by atoms with van der Waals surface area (Å²) in [6, 6.07) is 96.1. The normalized spacial score (nSPS) is 14.2. The maximum atomic E-state index is 2.49. The summed E-state index contributed by atoms with van der Waals surface area (Å²) in [5.41, 5.74) is 19.9. The molecular formula is C65H43N3. The number of benzene rings is 11. The van der Waals surface area contributed by atoms with Gasteiger partial charge in [-0.05, 0) is 129 Å². The third-order valence-electron chi connectivity index (χ3n) is 14.5. The van der Waals surface area contributed by atoms with Crippen molar-refractivity contribution in [2.75, 3.05) is 9.80 Å². The van der Waals surface area contributed by atoms with Crippen LogP contribution < -0.4 is 9.80 Å². The van der Waals surface area contributed by atoms with E-state index in [1.165, 1.54) is 77.1 Å². The minimum atomic E-state index is -0.583. The van der Waals surface area contributed by atoms with Crippen LogP contribution >= 0.6 is 0 Å². The second-order valence-corrected chi connectivity index (χ2v) is 18.0. The summed E-state index contributed by atoms with van der Waals surface area (Å²) in [4.78, 5) is 4.93. The van der Waals surface area contributed by atoms with E-state index in [9.17, 15) is 0 Å². The van der Waals surface area contributed by atoms with Gasteiger partial charge >= 0.3 is 0 Å². The van der Waals surface area contributed by atoms with Gasteiger partial charge in [-0.2, -0.15) is 0 Å². The molecule has 68 heavy (non-hydrogen) atoms. The number of para-hydroxylation sites is 4. The maximum absolute atomic E-state index is 2.49. The molecule has 1 atom stereocenters. The van der Waals surface area contributed by atoms with Crippen LogP contribution in [-0.4, -0.2) is 4.57 Å². The van der Waals surface area contributed by atoms with E-state index in [0.29, 0.717) is 0 Å². The molecule has 318 valence electrons. The number of hydrogen-bond acceptors (Lipinski definition) is 2. The van der Waals surface area contributed by atoms with E-state index in [0.717, 1.165) is 39.8 Å². The summed E-state index contributed by atoms with van der Waals surface area (Å²) in [6.07, 6.45) is 0. The Morgan fingerprint density at radius 2 is 0.809 bits per heavy atom. The Balaban J connectivity index is 1.02. The second-order valence-electron chi connectivity index (χ2n) is 18.0. The number of aromatic nitrogens is 1. The van der Waals surface area contributed by atoms with Crippen molar-refractivity contribution in [2.45, 2.75) is 5.41 Å². The minimum Gasteiger partial charge on any atom is -0.310 e. The molecule has 3 nitrogen and oxygen atoms in total. The van der Waals surface area contributed by atoms with Gasteiger partial charge < -0.3 is 14.4 Å². The van der Waals surface area contributed by atoms with Crippen molar-refractivity contribution in [3.05, 3.63) is 283 Å². The summed E-state index contributed by atoms with van der Waals surface area (Å²) in [7, 11) is 0. The summed E-state index contributed by atoms with van der Waals surface area (Å²) >= 11 is 0. The van der Waals surface area contributed by atoms with Crippen LogP contribution in [0.1, 0.15) is 22.3 Å². The molecule has 1 heterocycles. The minimum absolute atomic E-state index is 0.583. The molecule has 0 bridgehead atoms. The summed E-state index contributed by atoms with van der Waals surface area (Å²) in [5.74, 6) is 0.